The van der Waals surface area contributed by atoms with Gasteiger partial charge in [0.1, 0.15) is 12.4 Å². The summed E-state index contributed by atoms with van der Waals surface area (Å²) >= 11 is 0. The van der Waals surface area contributed by atoms with Gasteiger partial charge in [-0.1, -0.05) is 18.2 Å². The highest BCUT2D eigenvalue weighted by Gasteiger charge is 2.18. The summed E-state index contributed by atoms with van der Waals surface area (Å²) < 4.78 is 10.3. The normalized spacial score (nSPS) is 12.8. The molecule has 1 aliphatic heterocycles. The van der Waals surface area contributed by atoms with Crippen LogP contribution in [0.25, 0.3) is 6.08 Å². The Morgan fingerprint density at radius 1 is 1.39 bits per heavy atom. The molecule has 1 N–H and O–H groups in total. The van der Waals surface area contributed by atoms with Crippen LogP contribution in [-0.4, -0.2) is 32.1 Å². The molecule has 0 saturated carbocycles. The summed E-state index contributed by atoms with van der Waals surface area (Å²) in [5.74, 6) is -0.144. The second kappa shape index (κ2) is 5.35. The van der Waals surface area contributed by atoms with Crippen molar-refractivity contribution in [3.05, 3.63) is 35.4 Å². The van der Waals surface area contributed by atoms with E-state index in [1.165, 1.54) is 7.05 Å². The molecule has 1 heterocycles. The zero-order chi connectivity index (χ0) is 13.0. The molecule has 5 heteroatoms. The third-order valence-electron chi connectivity index (χ3n) is 2.51. The lowest BCUT2D eigenvalue weighted by molar-refractivity contribution is -0.144. The first-order chi connectivity index (χ1) is 8.70. The molecule has 2 rings (SSSR count). The van der Waals surface area contributed by atoms with Crippen LogP contribution in [0.2, 0.25) is 0 Å². The number of ether oxygens (including phenoxy) is 2. The summed E-state index contributed by atoms with van der Waals surface area (Å²) in [6.07, 6.45) is 1.71. The van der Waals surface area contributed by atoms with E-state index in [1.54, 1.807) is 6.08 Å². The zero-order valence-electron chi connectivity index (χ0n) is 9.93. The predicted molar refractivity (Wildman–Crippen MR) is 64.9 cm³/mol. The molecule has 0 aromatic heterocycles. The van der Waals surface area contributed by atoms with Crippen LogP contribution in [0.3, 0.4) is 0 Å². The first-order valence-corrected chi connectivity index (χ1v) is 5.51. The van der Waals surface area contributed by atoms with E-state index in [0.29, 0.717) is 5.57 Å². The number of fused-ring (bicyclic) bond motifs is 1. The molecular weight excluding hydrogens is 234 g/mol. The Bertz CT molecular complexity index is 507. The van der Waals surface area contributed by atoms with Crippen molar-refractivity contribution in [3.8, 4) is 5.75 Å². The van der Waals surface area contributed by atoms with E-state index < -0.39 is 5.97 Å². The van der Waals surface area contributed by atoms with Gasteiger partial charge in [0, 0.05) is 12.6 Å². The molecule has 94 valence electrons. The number of para-hydroxylation sites is 1. The number of likely N-dealkylation sites (N-methyl/N-ethyl adjacent to an activating group) is 1. The first kappa shape index (κ1) is 12.2. The molecule has 0 atom stereocenters. The lowest BCUT2D eigenvalue weighted by Crippen LogP contribution is -2.26. The molecule has 0 radical (unpaired) electrons. The van der Waals surface area contributed by atoms with Crippen molar-refractivity contribution in [2.45, 2.75) is 0 Å². The number of hydrogen-bond donors (Lipinski definition) is 1. The number of rotatable bonds is 3. The van der Waals surface area contributed by atoms with Crippen molar-refractivity contribution >= 4 is 18.0 Å². The minimum Gasteiger partial charge on any atom is -0.488 e. The van der Waals surface area contributed by atoms with Gasteiger partial charge in [0.05, 0.1) is 5.57 Å². The second-order valence-electron chi connectivity index (χ2n) is 3.75. The van der Waals surface area contributed by atoms with Gasteiger partial charge >= 0.3 is 5.97 Å². The molecule has 1 aromatic rings. The van der Waals surface area contributed by atoms with Crippen LogP contribution >= 0.6 is 0 Å². The summed E-state index contributed by atoms with van der Waals surface area (Å²) in [5, 5.41) is 2.37. The van der Waals surface area contributed by atoms with E-state index in [1.807, 2.05) is 24.3 Å². The van der Waals surface area contributed by atoms with Crippen molar-refractivity contribution in [2.75, 3.05) is 20.3 Å². The van der Waals surface area contributed by atoms with Gasteiger partial charge < -0.3 is 14.8 Å². The SMILES string of the molecule is CNC(=O)COC(=O)C1=Cc2ccccc2OC1. The molecule has 0 aliphatic carbocycles. The van der Waals surface area contributed by atoms with Crippen LogP contribution in [0.5, 0.6) is 5.75 Å². The standard InChI is InChI=1S/C13H13NO4/c1-14-12(15)8-18-13(16)10-6-9-4-2-3-5-11(9)17-7-10/h2-6H,7-8H2,1H3,(H,14,15). The third-order valence-corrected chi connectivity index (χ3v) is 2.51. The maximum Gasteiger partial charge on any atom is 0.338 e. The molecule has 0 bridgehead atoms. The fraction of sp³-hybridized carbons (Fsp3) is 0.231. The second-order valence-corrected chi connectivity index (χ2v) is 3.75. The Labute approximate surface area is 104 Å². The minimum absolute atomic E-state index is 0.156. The van der Waals surface area contributed by atoms with Crippen LogP contribution in [0, 0.1) is 0 Å². The largest absolute Gasteiger partial charge is 0.488 e. The Morgan fingerprint density at radius 3 is 2.94 bits per heavy atom. The quantitative estimate of drug-likeness (QED) is 0.800. The third kappa shape index (κ3) is 2.68. The molecule has 1 amide bonds. The molecule has 0 unspecified atom stereocenters. The van der Waals surface area contributed by atoms with Gasteiger partial charge in [0.2, 0.25) is 0 Å². The van der Waals surface area contributed by atoms with E-state index in [9.17, 15) is 9.59 Å². The molecule has 1 aliphatic rings. The molecule has 18 heavy (non-hydrogen) atoms. The fourth-order valence-corrected chi connectivity index (χ4v) is 1.53. The van der Waals surface area contributed by atoms with E-state index in [4.69, 9.17) is 9.47 Å². The zero-order valence-corrected chi connectivity index (χ0v) is 9.93. The van der Waals surface area contributed by atoms with Crippen LogP contribution in [0.1, 0.15) is 5.56 Å². The van der Waals surface area contributed by atoms with Gasteiger partial charge in [-0.3, -0.25) is 4.79 Å². The summed E-state index contributed by atoms with van der Waals surface area (Å²) in [6, 6.07) is 7.40. The fourth-order valence-electron chi connectivity index (χ4n) is 1.53. The van der Waals surface area contributed by atoms with Crippen molar-refractivity contribution in [2.24, 2.45) is 0 Å². The Morgan fingerprint density at radius 2 is 2.17 bits per heavy atom. The highest BCUT2D eigenvalue weighted by atomic mass is 16.5. The summed E-state index contributed by atoms with van der Waals surface area (Å²) in [6.45, 7) is -0.127. The molecule has 0 fully saturated rings. The van der Waals surface area contributed by atoms with Crippen LogP contribution < -0.4 is 10.1 Å². The van der Waals surface area contributed by atoms with Crippen LogP contribution in [0.15, 0.2) is 29.8 Å². The van der Waals surface area contributed by atoms with Crippen molar-refractivity contribution < 1.29 is 19.1 Å². The van der Waals surface area contributed by atoms with Crippen molar-refractivity contribution in [1.29, 1.82) is 0 Å². The Balaban J connectivity index is 2.05. The van der Waals surface area contributed by atoms with Gasteiger partial charge in [-0.15, -0.1) is 0 Å². The van der Waals surface area contributed by atoms with Gasteiger partial charge in [0.25, 0.3) is 5.91 Å². The van der Waals surface area contributed by atoms with E-state index >= 15 is 0 Å². The smallest absolute Gasteiger partial charge is 0.338 e. The van der Waals surface area contributed by atoms with E-state index in [-0.39, 0.29) is 19.1 Å². The van der Waals surface area contributed by atoms with Crippen LogP contribution in [0.4, 0.5) is 0 Å². The van der Waals surface area contributed by atoms with Crippen molar-refractivity contribution in [3.63, 3.8) is 0 Å². The number of esters is 1. The number of benzene rings is 1. The number of hydrogen-bond acceptors (Lipinski definition) is 4. The maximum atomic E-state index is 11.7. The van der Waals surface area contributed by atoms with Gasteiger partial charge in [-0.05, 0) is 12.1 Å². The van der Waals surface area contributed by atoms with Gasteiger partial charge in [-0.2, -0.15) is 0 Å². The highest BCUT2D eigenvalue weighted by Crippen LogP contribution is 2.25. The predicted octanol–water partition coefficient (Wildman–Crippen LogP) is 0.752. The number of amides is 1. The summed E-state index contributed by atoms with van der Waals surface area (Å²) in [5.41, 5.74) is 1.23. The summed E-state index contributed by atoms with van der Waals surface area (Å²) in [4.78, 5) is 22.6. The van der Waals surface area contributed by atoms with Crippen LogP contribution in [-0.2, 0) is 14.3 Å². The molecule has 0 saturated heterocycles. The topological polar surface area (TPSA) is 64.6 Å². The Hall–Kier alpha value is -2.30. The minimum atomic E-state index is -0.534. The average molecular weight is 247 g/mol. The lowest BCUT2D eigenvalue weighted by atomic mass is 10.1. The maximum absolute atomic E-state index is 11.7. The summed E-state index contributed by atoms with van der Waals surface area (Å²) in [7, 11) is 1.48. The highest BCUT2D eigenvalue weighted by molar-refractivity contribution is 5.96. The van der Waals surface area contributed by atoms with E-state index in [2.05, 4.69) is 5.32 Å². The molecule has 0 spiro atoms. The average Bonchev–Trinajstić information content (AvgIpc) is 2.43. The number of nitrogens with one attached hydrogen (secondary N) is 1. The number of carbonyl (C=O) groups is 2. The molecular formula is C13H13NO4. The number of carbonyl (C=O) groups excluding carboxylic acids is 2. The molecule has 1 aromatic carbocycles. The first-order valence-electron chi connectivity index (χ1n) is 5.51. The van der Waals surface area contributed by atoms with Crippen molar-refractivity contribution in [1.82, 2.24) is 5.32 Å². The van der Waals surface area contributed by atoms with Gasteiger partial charge in [0.15, 0.2) is 6.61 Å². The van der Waals surface area contributed by atoms with E-state index in [0.717, 1.165) is 11.3 Å². The lowest BCUT2D eigenvalue weighted by Gasteiger charge is -2.16. The molecule has 5 nitrogen and oxygen atoms in total. The van der Waals surface area contributed by atoms with Gasteiger partial charge in [-0.25, -0.2) is 4.79 Å². The monoisotopic (exact) mass is 247 g/mol. The Kier molecular flexibility index (Phi) is 3.62.